The summed E-state index contributed by atoms with van der Waals surface area (Å²) in [6.07, 6.45) is 7.89. The van der Waals surface area contributed by atoms with E-state index >= 15 is 0 Å². The highest BCUT2D eigenvalue weighted by Crippen LogP contribution is 2.37. The molecule has 1 heterocycles. The topological polar surface area (TPSA) is 9.23 Å². The predicted octanol–water partition coefficient (Wildman–Crippen LogP) is 5.95. The van der Waals surface area contributed by atoms with Gasteiger partial charge in [0.05, 0.1) is 12.2 Å². The highest BCUT2D eigenvalue weighted by atomic mass is 16.5. The Kier molecular flexibility index (Phi) is 7.47. The van der Waals surface area contributed by atoms with Crippen molar-refractivity contribution < 1.29 is 4.74 Å². The summed E-state index contributed by atoms with van der Waals surface area (Å²) >= 11 is 0. The standard InChI is InChI=1S/C20H38O/c1-9-13(3)15(5)14(4)11-12-20-18(8)16(6)17(7)19(10-2)21-20/h11-20H,9-10H2,1-8H3/b12-11-/t13-,14+,15-,16?,17-,18?,19?,20+/m1/s1. The molecule has 1 aliphatic rings. The molecule has 1 aliphatic heterocycles. The van der Waals surface area contributed by atoms with Crippen molar-refractivity contribution in [1.29, 1.82) is 0 Å². The first-order valence-corrected chi connectivity index (χ1v) is 9.17. The molecule has 1 heteroatoms. The molecule has 0 aliphatic carbocycles. The van der Waals surface area contributed by atoms with Crippen LogP contribution in [0.3, 0.4) is 0 Å². The first-order chi connectivity index (χ1) is 9.83. The number of hydrogen-bond donors (Lipinski definition) is 0. The molecule has 0 aromatic heterocycles. The van der Waals surface area contributed by atoms with Crippen molar-refractivity contribution >= 4 is 0 Å². The zero-order chi connectivity index (χ0) is 16.2. The second kappa shape index (κ2) is 8.36. The van der Waals surface area contributed by atoms with E-state index in [1.54, 1.807) is 0 Å². The van der Waals surface area contributed by atoms with Crippen LogP contribution in [0.5, 0.6) is 0 Å². The van der Waals surface area contributed by atoms with Crippen LogP contribution in [0.4, 0.5) is 0 Å². The van der Waals surface area contributed by atoms with Crippen LogP contribution < -0.4 is 0 Å². The number of rotatable bonds is 6. The molecule has 21 heavy (non-hydrogen) atoms. The van der Waals surface area contributed by atoms with Gasteiger partial charge < -0.3 is 4.74 Å². The van der Waals surface area contributed by atoms with E-state index in [1.807, 2.05) is 0 Å². The summed E-state index contributed by atoms with van der Waals surface area (Å²) in [5, 5.41) is 0. The minimum Gasteiger partial charge on any atom is -0.370 e. The van der Waals surface area contributed by atoms with Gasteiger partial charge in [-0.2, -0.15) is 0 Å². The molecule has 1 nitrogen and oxygen atoms in total. The van der Waals surface area contributed by atoms with Gasteiger partial charge in [-0.05, 0) is 41.9 Å². The predicted molar refractivity (Wildman–Crippen MR) is 93.4 cm³/mol. The lowest BCUT2D eigenvalue weighted by molar-refractivity contribution is -0.113. The molecule has 1 rings (SSSR count). The van der Waals surface area contributed by atoms with Crippen molar-refractivity contribution in [3.8, 4) is 0 Å². The Balaban J connectivity index is 2.69. The largest absolute Gasteiger partial charge is 0.370 e. The van der Waals surface area contributed by atoms with E-state index in [2.05, 4.69) is 67.5 Å². The second-order valence-corrected chi connectivity index (χ2v) is 7.61. The normalized spacial score (nSPS) is 38.4. The fourth-order valence-electron chi connectivity index (χ4n) is 3.60. The van der Waals surface area contributed by atoms with E-state index in [-0.39, 0.29) is 0 Å². The third-order valence-electron chi connectivity index (χ3n) is 6.47. The first-order valence-electron chi connectivity index (χ1n) is 9.17. The van der Waals surface area contributed by atoms with Crippen LogP contribution in [0, 0.1) is 35.5 Å². The summed E-state index contributed by atoms with van der Waals surface area (Å²) in [5.74, 6) is 4.18. The van der Waals surface area contributed by atoms with Crippen LogP contribution in [0.15, 0.2) is 12.2 Å². The SMILES string of the molecule is CCC1O[C@@H](/C=C\[C@H](C)[C@H](C)[C@H](C)CC)C(C)C(C)[C@H]1C. The van der Waals surface area contributed by atoms with E-state index in [0.29, 0.717) is 30.0 Å². The third-order valence-corrected chi connectivity index (χ3v) is 6.47. The van der Waals surface area contributed by atoms with E-state index in [4.69, 9.17) is 4.74 Å². The Bertz CT molecular complexity index is 320. The molecule has 0 N–H and O–H groups in total. The van der Waals surface area contributed by atoms with Crippen molar-refractivity contribution in [3.05, 3.63) is 12.2 Å². The van der Waals surface area contributed by atoms with Crippen LogP contribution in [-0.2, 0) is 4.74 Å². The van der Waals surface area contributed by atoms with E-state index in [9.17, 15) is 0 Å². The van der Waals surface area contributed by atoms with E-state index in [1.165, 1.54) is 6.42 Å². The van der Waals surface area contributed by atoms with Crippen molar-refractivity contribution in [1.82, 2.24) is 0 Å². The van der Waals surface area contributed by atoms with Crippen molar-refractivity contribution in [2.75, 3.05) is 0 Å². The quantitative estimate of drug-likeness (QED) is 0.550. The molecule has 8 atom stereocenters. The molecule has 0 spiro atoms. The Hall–Kier alpha value is -0.300. The van der Waals surface area contributed by atoms with E-state index in [0.717, 1.165) is 24.2 Å². The Morgan fingerprint density at radius 2 is 1.57 bits per heavy atom. The summed E-state index contributed by atoms with van der Waals surface area (Å²) in [6, 6.07) is 0. The average Bonchev–Trinajstić information content (AvgIpc) is 2.50. The lowest BCUT2D eigenvalue weighted by atomic mass is 9.75. The maximum absolute atomic E-state index is 6.36. The van der Waals surface area contributed by atoms with E-state index < -0.39 is 0 Å². The maximum Gasteiger partial charge on any atom is 0.0787 e. The number of allylic oxidation sites excluding steroid dienone is 1. The van der Waals surface area contributed by atoms with Gasteiger partial charge in [0.15, 0.2) is 0 Å². The van der Waals surface area contributed by atoms with Crippen molar-refractivity contribution in [2.24, 2.45) is 35.5 Å². The van der Waals surface area contributed by atoms with Gasteiger partial charge in [-0.1, -0.05) is 74.0 Å². The van der Waals surface area contributed by atoms with Gasteiger partial charge in [0.25, 0.3) is 0 Å². The van der Waals surface area contributed by atoms with Crippen LogP contribution in [-0.4, -0.2) is 12.2 Å². The van der Waals surface area contributed by atoms with Gasteiger partial charge in [0, 0.05) is 0 Å². The van der Waals surface area contributed by atoms with Gasteiger partial charge in [-0.3, -0.25) is 0 Å². The van der Waals surface area contributed by atoms with Gasteiger partial charge in [0.2, 0.25) is 0 Å². The molecular formula is C20H38O. The molecule has 1 fully saturated rings. The summed E-state index contributed by atoms with van der Waals surface area (Å²) in [4.78, 5) is 0. The zero-order valence-corrected chi connectivity index (χ0v) is 15.6. The molecular weight excluding hydrogens is 256 g/mol. The summed E-state index contributed by atoms with van der Waals surface area (Å²) in [5.41, 5.74) is 0. The first kappa shape index (κ1) is 18.7. The van der Waals surface area contributed by atoms with Crippen LogP contribution in [0.25, 0.3) is 0 Å². The summed E-state index contributed by atoms with van der Waals surface area (Å²) in [7, 11) is 0. The average molecular weight is 295 g/mol. The molecule has 0 bridgehead atoms. The van der Waals surface area contributed by atoms with Crippen molar-refractivity contribution in [2.45, 2.75) is 80.4 Å². The van der Waals surface area contributed by atoms with Crippen LogP contribution in [0.1, 0.15) is 68.2 Å². The third kappa shape index (κ3) is 4.58. The molecule has 0 saturated carbocycles. The molecule has 3 unspecified atom stereocenters. The number of hydrogen-bond acceptors (Lipinski definition) is 1. The lowest BCUT2D eigenvalue weighted by Crippen LogP contribution is -2.43. The number of ether oxygens (including phenoxy) is 1. The minimum atomic E-state index is 0.299. The molecule has 1 saturated heterocycles. The molecule has 124 valence electrons. The highest BCUT2D eigenvalue weighted by molar-refractivity contribution is 5.00. The minimum absolute atomic E-state index is 0.299. The van der Waals surface area contributed by atoms with Crippen LogP contribution in [0.2, 0.25) is 0 Å². The van der Waals surface area contributed by atoms with Crippen LogP contribution >= 0.6 is 0 Å². The Morgan fingerprint density at radius 1 is 0.952 bits per heavy atom. The highest BCUT2D eigenvalue weighted by Gasteiger charge is 2.36. The smallest absolute Gasteiger partial charge is 0.0787 e. The molecule has 0 radical (unpaired) electrons. The maximum atomic E-state index is 6.36. The Morgan fingerprint density at radius 3 is 2.10 bits per heavy atom. The monoisotopic (exact) mass is 294 g/mol. The summed E-state index contributed by atoms with van der Waals surface area (Å²) in [6.45, 7) is 18.7. The van der Waals surface area contributed by atoms with Gasteiger partial charge in [-0.25, -0.2) is 0 Å². The molecule has 0 aromatic rings. The van der Waals surface area contributed by atoms with Gasteiger partial charge in [0.1, 0.15) is 0 Å². The van der Waals surface area contributed by atoms with Gasteiger partial charge in [-0.15, -0.1) is 0 Å². The zero-order valence-electron chi connectivity index (χ0n) is 15.6. The molecule has 0 amide bonds. The summed E-state index contributed by atoms with van der Waals surface area (Å²) < 4.78 is 6.36. The fourth-order valence-corrected chi connectivity index (χ4v) is 3.60. The second-order valence-electron chi connectivity index (χ2n) is 7.61. The molecule has 0 aromatic carbocycles. The Labute approximate surface area is 133 Å². The van der Waals surface area contributed by atoms with Crippen molar-refractivity contribution in [3.63, 3.8) is 0 Å². The lowest BCUT2D eigenvalue weighted by Gasteiger charge is -2.43. The fraction of sp³-hybridized carbons (Fsp3) is 0.900. The van der Waals surface area contributed by atoms with Gasteiger partial charge >= 0.3 is 0 Å².